The summed E-state index contributed by atoms with van der Waals surface area (Å²) in [7, 11) is 0. The zero-order valence-corrected chi connectivity index (χ0v) is 13.9. The molecule has 21 heavy (non-hydrogen) atoms. The molecule has 0 fully saturated rings. The molecule has 0 atom stereocenters. The van der Waals surface area contributed by atoms with E-state index >= 15 is 0 Å². The van der Waals surface area contributed by atoms with Crippen molar-refractivity contribution >= 4 is 46.8 Å². The number of thioether (sulfide) groups is 1. The van der Waals surface area contributed by atoms with Crippen molar-refractivity contribution in [2.45, 2.75) is 18.7 Å². The number of nitrogens with two attached hydrogens (primary N) is 1. The quantitative estimate of drug-likeness (QED) is 0.740. The van der Waals surface area contributed by atoms with Crippen LogP contribution in [-0.2, 0) is 9.59 Å². The molecule has 0 aliphatic rings. The Balaban J connectivity index is 2.48. The van der Waals surface area contributed by atoms with E-state index in [9.17, 15) is 9.59 Å². The van der Waals surface area contributed by atoms with Crippen molar-refractivity contribution in [2.24, 2.45) is 5.73 Å². The van der Waals surface area contributed by atoms with Crippen molar-refractivity contribution in [1.82, 2.24) is 5.32 Å². The maximum absolute atomic E-state index is 11.8. The number of halogens is 2. The van der Waals surface area contributed by atoms with Crippen molar-refractivity contribution in [1.29, 1.82) is 0 Å². The normalized spacial score (nSPS) is 11.0. The number of nitrogens with one attached hydrogen (secondary N) is 1. The predicted molar refractivity (Wildman–Crippen MR) is 85.8 cm³/mol. The van der Waals surface area contributed by atoms with Gasteiger partial charge in [0.25, 0.3) is 5.91 Å². The van der Waals surface area contributed by atoms with Gasteiger partial charge in [-0.05, 0) is 32.0 Å². The van der Waals surface area contributed by atoms with Crippen LogP contribution in [0.1, 0.15) is 13.8 Å². The van der Waals surface area contributed by atoms with Crippen LogP contribution >= 0.6 is 35.0 Å². The third-order valence-electron chi connectivity index (χ3n) is 2.27. The molecule has 0 unspecified atom stereocenters. The van der Waals surface area contributed by atoms with Crippen molar-refractivity contribution in [3.05, 3.63) is 28.2 Å². The molecule has 0 saturated heterocycles. The Morgan fingerprint density at radius 1 is 1.38 bits per heavy atom. The van der Waals surface area contributed by atoms with Crippen molar-refractivity contribution < 1.29 is 14.3 Å². The van der Waals surface area contributed by atoms with E-state index in [4.69, 9.17) is 33.7 Å². The molecule has 0 aliphatic carbocycles. The lowest BCUT2D eigenvalue weighted by atomic mass is 10.3. The molecule has 3 N–H and O–H groups in total. The molecule has 0 radical (unpaired) electrons. The number of hydrogen-bond donors (Lipinski definition) is 2. The summed E-state index contributed by atoms with van der Waals surface area (Å²) in [5, 5.41) is 3.55. The van der Waals surface area contributed by atoms with Crippen LogP contribution in [-0.4, -0.2) is 29.0 Å². The molecule has 5 nitrogen and oxygen atoms in total. The fraction of sp³-hybridized carbons (Fsp3) is 0.385. The Hall–Kier alpha value is -1.11. The number of ether oxygens (including phenoxy) is 1. The van der Waals surface area contributed by atoms with Gasteiger partial charge in [-0.1, -0.05) is 23.2 Å². The average molecular weight is 351 g/mol. The molecule has 8 heteroatoms. The van der Waals surface area contributed by atoms with E-state index in [0.29, 0.717) is 15.8 Å². The number of benzene rings is 1. The van der Waals surface area contributed by atoms with Crippen LogP contribution in [0, 0.1) is 0 Å². The number of amides is 2. The number of primary amides is 1. The van der Waals surface area contributed by atoms with Gasteiger partial charge >= 0.3 is 0 Å². The first-order valence-corrected chi connectivity index (χ1v) is 7.75. The first-order chi connectivity index (χ1) is 9.69. The molecule has 0 aromatic heterocycles. The monoisotopic (exact) mass is 350 g/mol. The Bertz CT molecular complexity index is 538. The van der Waals surface area contributed by atoms with Crippen LogP contribution in [0.15, 0.2) is 18.2 Å². The first kappa shape index (κ1) is 17.9. The van der Waals surface area contributed by atoms with Gasteiger partial charge in [0, 0.05) is 5.02 Å². The fourth-order valence-electron chi connectivity index (χ4n) is 1.40. The van der Waals surface area contributed by atoms with Crippen LogP contribution in [0.5, 0.6) is 5.75 Å². The van der Waals surface area contributed by atoms with Gasteiger partial charge in [0.1, 0.15) is 5.75 Å². The van der Waals surface area contributed by atoms with Crippen molar-refractivity contribution in [3.8, 4) is 5.75 Å². The standard InChI is InChI=1S/C13H16Cl2N2O3S/c1-13(2,21-7-11(16)18)17-12(19)6-20-10-4-3-8(14)5-9(10)15/h3-5H,6-7H2,1-2H3,(H2,16,18)(H,17,19). The zero-order chi connectivity index (χ0) is 16.0. The van der Waals surface area contributed by atoms with E-state index in [1.54, 1.807) is 26.0 Å². The second kappa shape index (κ2) is 7.77. The lowest BCUT2D eigenvalue weighted by Gasteiger charge is -2.25. The molecule has 0 spiro atoms. The van der Waals surface area contributed by atoms with E-state index in [2.05, 4.69) is 5.32 Å². The Labute approximate surface area is 137 Å². The van der Waals surface area contributed by atoms with Gasteiger partial charge in [-0.3, -0.25) is 9.59 Å². The average Bonchev–Trinajstić information content (AvgIpc) is 2.35. The Kier molecular flexibility index (Phi) is 6.64. The maximum Gasteiger partial charge on any atom is 0.259 e. The predicted octanol–water partition coefficient (Wildman–Crippen LogP) is 2.44. The van der Waals surface area contributed by atoms with Gasteiger partial charge in [-0.2, -0.15) is 0 Å². The van der Waals surface area contributed by atoms with Crippen LogP contribution in [0.3, 0.4) is 0 Å². The summed E-state index contributed by atoms with van der Waals surface area (Å²) in [6.07, 6.45) is 0. The fourth-order valence-corrected chi connectivity index (χ4v) is 2.55. The molecule has 1 rings (SSSR count). The van der Waals surface area contributed by atoms with Gasteiger partial charge in [0.05, 0.1) is 15.6 Å². The smallest absolute Gasteiger partial charge is 0.259 e. The summed E-state index contributed by atoms with van der Waals surface area (Å²) in [5.74, 6) is -0.273. The van der Waals surface area contributed by atoms with Crippen LogP contribution in [0.4, 0.5) is 0 Å². The Morgan fingerprint density at radius 3 is 2.62 bits per heavy atom. The second-order valence-electron chi connectivity index (χ2n) is 4.68. The third kappa shape index (κ3) is 6.93. The summed E-state index contributed by atoms with van der Waals surface area (Å²) >= 11 is 12.9. The summed E-state index contributed by atoms with van der Waals surface area (Å²) < 4.78 is 5.32. The van der Waals surface area contributed by atoms with Crippen LogP contribution < -0.4 is 15.8 Å². The number of hydrogen-bond acceptors (Lipinski definition) is 4. The van der Waals surface area contributed by atoms with Gasteiger partial charge in [0.2, 0.25) is 5.91 Å². The molecule has 1 aromatic carbocycles. The van der Waals surface area contributed by atoms with Gasteiger partial charge < -0.3 is 15.8 Å². The van der Waals surface area contributed by atoms with E-state index < -0.39 is 10.8 Å². The molecule has 0 aliphatic heterocycles. The van der Waals surface area contributed by atoms with E-state index in [1.165, 1.54) is 17.8 Å². The molecule has 1 aromatic rings. The molecular formula is C13H16Cl2N2O3S. The number of carbonyl (C=O) groups is 2. The third-order valence-corrected chi connectivity index (χ3v) is 4.05. The first-order valence-electron chi connectivity index (χ1n) is 6.01. The van der Waals surface area contributed by atoms with Crippen LogP contribution in [0.25, 0.3) is 0 Å². The van der Waals surface area contributed by atoms with Crippen molar-refractivity contribution in [3.63, 3.8) is 0 Å². The summed E-state index contributed by atoms with van der Waals surface area (Å²) in [6.45, 7) is 3.35. The highest BCUT2D eigenvalue weighted by molar-refractivity contribution is 8.01. The molecular weight excluding hydrogens is 335 g/mol. The van der Waals surface area contributed by atoms with E-state index in [0.717, 1.165) is 0 Å². The number of carbonyl (C=O) groups excluding carboxylic acids is 2. The highest BCUT2D eigenvalue weighted by Crippen LogP contribution is 2.27. The Morgan fingerprint density at radius 2 is 2.05 bits per heavy atom. The van der Waals surface area contributed by atoms with E-state index in [1.807, 2.05) is 0 Å². The van der Waals surface area contributed by atoms with Gasteiger partial charge in [-0.15, -0.1) is 11.8 Å². The lowest BCUT2D eigenvalue weighted by molar-refractivity contribution is -0.124. The molecule has 0 heterocycles. The minimum absolute atomic E-state index is 0.122. The van der Waals surface area contributed by atoms with E-state index in [-0.39, 0.29) is 18.3 Å². The zero-order valence-electron chi connectivity index (χ0n) is 11.6. The second-order valence-corrected chi connectivity index (χ2v) is 7.12. The van der Waals surface area contributed by atoms with Crippen molar-refractivity contribution in [2.75, 3.05) is 12.4 Å². The minimum atomic E-state index is -0.626. The molecule has 0 bridgehead atoms. The van der Waals surface area contributed by atoms with Crippen LogP contribution in [0.2, 0.25) is 10.0 Å². The minimum Gasteiger partial charge on any atom is -0.482 e. The molecule has 116 valence electrons. The lowest BCUT2D eigenvalue weighted by Crippen LogP contribution is -2.43. The largest absolute Gasteiger partial charge is 0.482 e. The highest BCUT2D eigenvalue weighted by Gasteiger charge is 2.22. The maximum atomic E-state index is 11.8. The number of rotatable bonds is 7. The topological polar surface area (TPSA) is 81.4 Å². The van der Waals surface area contributed by atoms with Gasteiger partial charge in [-0.25, -0.2) is 0 Å². The highest BCUT2D eigenvalue weighted by atomic mass is 35.5. The van der Waals surface area contributed by atoms with Gasteiger partial charge in [0.15, 0.2) is 6.61 Å². The summed E-state index contributed by atoms with van der Waals surface area (Å²) in [6, 6.07) is 4.74. The molecule has 2 amide bonds. The summed E-state index contributed by atoms with van der Waals surface area (Å²) in [4.78, 5) is 21.9. The summed E-state index contributed by atoms with van der Waals surface area (Å²) in [5.41, 5.74) is 5.07. The SMILES string of the molecule is CC(C)(NC(=O)COc1ccc(Cl)cc1Cl)SCC(N)=O. The molecule has 0 saturated carbocycles.